The largest absolute Gasteiger partial charge is 0.308 e. The predicted molar refractivity (Wildman–Crippen MR) is 78.0 cm³/mol. The maximum atomic E-state index is 5.54. The molecule has 3 N–H and O–H groups in total. The third kappa shape index (κ3) is 2.11. The number of hydrazine groups is 1. The van der Waals surface area contributed by atoms with Gasteiger partial charge in [-0.2, -0.15) is 11.8 Å². The molecule has 4 nitrogen and oxygen atoms in total. The van der Waals surface area contributed by atoms with Gasteiger partial charge in [-0.15, -0.1) is 0 Å². The molecule has 0 atom stereocenters. The average Bonchev–Trinajstić information content (AvgIpc) is 2.86. The lowest BCUT2D eigenvalue weighted by Crippen LogP contribution is -2.12. The van der Waals surface area contributed by atoms with Crippen LogP contribution in [0.25, 0.3) is 11.4 Å². The van der Waals surface area contributed by atoms with Crippen LogP contribution < -0.4 is 11.3 Å². The molecule has 0 radical (unpaired) electrons. The SMILES string of the molecule is NNc1nc(-c2ccc(Br)cc2)nc2c1CSC2. The molecule has 0 fully saturated rings. The first-order valence-electron chi connectivity index (χ1n) is 5.48. The molecule has 0 aliphatic carbocycles. The van der Waals surface area contributed by atoms with Crippen molar-refractivity contribution in [2.75, 3.05) is 5.43 Å². The van der Waals surface area contributed by atoms with Gasteiger partial charge >= 0.3 is 0 Å². The van der Waals surface area contributed by atoms with Crippen LogP contribution in [0, 0.1) is 0 Å². The zero-order chi connectivity index (χ0) is 12.5. The number of thioether (sulfide) groups is 1. The van der Waals surface area contributed by atoms with Gasteiger partial charge in [-0.05, 0) is 12.1 Å². The molecular formula is C12H11BrN4S. The van der Waals surface area contributed by atoms with Crippen LogP contribution in [0.4, 0.5) is 5.82 Å². The van der Waals surface area contributed by atoms with Crippen LogP contribution in [0.3, 0.4) is 0 Å². The van der Waals surface area contributed by atoms with E-state index in [1.54, 1.807) is 0 Å². The molecule has 0 saturated heterocycles. The van der Waals surface area contributed by atoms with Crippen molar-refractivity contribution in [1.82, 2.24) is 9.97 Å². The van der Waals surface area contributed by atoms with E-state index in [9.17, 15) is 0 Å². The summed E-state index contributed by atoms with van der Waals surface area (Å²) in [5.74, 6) is 8.85. The number of fused-ring (bicyclic) bond motifs is 1. The predicted octanol–water partition coefficient (Wildman–Crippen LogP) is 2.94. The van der Waals surface area contributed by atoms with Crippen LogP contribution in [0.1, 0.15) is 11.3 Å². The molecule has 2 aromatic rings. The molecular weight excluding hydrogens is 312 g/mol. The monoisotopic (exact) mass is 322 g/mol. The number of halogens is 1. The van der Waals surface area contributed by atoms with E-state index in [0.717, 1.165) is 44.4 Å². The Morgan fingerprint density at radius 3 is 2.67 bits per heavy atom. The Kier molecular flexibility index (Phi) is 3.23. The minimum absolute atomic E-state index is 0.719. The van der Waals surface area contributed by atoms with Crippen molar-refractivity contribution in [2.45, 2.75) is 11.5 Å². The Balaban J connectivity index is 2.10. The standard InChI is InChI=1S/C12H11BrN4S/c13-8-3-1-7(2-4-8)11-15-10-6-18-5-9(10)12(16-11)17-14/h1-4H,5-6,14H2,(H,15,16,17). The fraction of sp³-hybridized carbons (Fsp3) is 0.167. The first-order chi connectivity index (χ1) is 8.78. The summed E-state index contributed by atoms with van der Waals surface area (Å²) >= 11 is 5.25. The van der Waals surface area contributed by atoms with Gasteiger partial charge in [0, 0.05) is 27.1 Å². The second kappa shape index (κ2) is 4.87. The van der Waals surface area contributed by atoms with Gasteiger partial charge in [0.25, 0.3) is 0 Å². The van der Waals surface area contributed by atoms with Gasteiger partial charge in [-0.1, -0.05) is 28.1 Å². The Morgan fingerprint density at radius 1 is 1.17 bits per heavy atom. The second-order valence-electron chi connectivity index (χ2n) is 3.97. The highest BCUT2D eigenvalue weighted by molar-refractivity contribution is 9.10. The number of rotatable bonds is 2. The van der Waals surface area contributed by atoms with E-state index in [4.69, 9.17) is 5.84 Å². The molecule has 0 bridgehead atoms. The van der Waals surface area contributed by atoms with Crippen molar-refractivity contribution in [3.8, 4) is 11.4 Å². The normalized spacial score (nSPS) is 13.4. The highest BCUT2D eigenvalue weighted by atomic mass is 79.9. The summed E-state index contributed by atoms with van der Waals surface area (Å²) in [4.78, 5) is 9.11. The number of aromatic nitrogens is 2. The fourth-order valence-corrected chi connectivity index (χ4v) is 3.20. The summed E-state index contributed by atoms with van der Waals surface area (Å²) in [6, 6.07) is 7.95. The van der Waals surface area contributed by atoms with E-state index >= 15 is 0 Å². The van der Waals surface area contributed by atoms with Crippen molar-refractivity contribution in [2.24, 2.45) is 5.84 Å². The van der Waals surface area contributed by atoms with Crippen LogP contribution in [0.5, 0.6) is 0 Å². The van der Waals surface area contributed by atoms with Crippen LogP contribution in [-0.2, 0) is 11.5 Å². The topological polar surface area (TPSA) is 63.8 Å². The van der Waals surface area contributed by atoms with Crippen molar-refractivity contribution in [1.29, 1.82) is 0 Å². The Hall–Kier alpha value is -1.11. The number of hydrogen-bond acceptors (Lipinski definition) is 5. The van der Waals surface area contributed by atoms with E-state index in [1.165, 1.54) is 0 Å². The number of nitrogens with two attached hydrogens (primary N) is 1. The number of nitrogen functional groups attached to an aromatic ring is 1. The lowest BCUT2D eigenvalue weighted by atomic mass is 10.2. The molecule has 18 heavy (non-hydrogen) atoms. The average molecular weight is 323 g/mol. The molecule has 1 aliphatic heterocycles. The van der Waals surface area contributed by atoms with Crippen molar-refractivity contribution in [3.63, 3.8) is 0 Å². The third-order valence-corrected chi connectivity index (χ3v) is 4.32. The van der Waals surface area contributed by atoms with Gasteiger partial charge in [-0.25, -0.2) is 15.8 Å². The summed E-state index contributed by atoms with van der Waals surface area (Å²) in [6.45, 7) is 0. The molecule has 3 rings (SSSR count). The molecule has 6 heteroatoms. The van der Waals surface area contributed by atoms with E-state index in [0.29, 0.717) is 0 Å². The molecule has 0 amide bonds. The summed E-state index contributed by atoms with van der Waals surface area (Å²) in [5, 5.41) is 0. The van der Waals surface area contributed by atoms with E-state index in [1.807, 2.05) is 36.0 Å². The Bertz CT molecular complexity index is 585. The van der Waals surface area contributed by atoms with Crippen LogP contribution in [0.15, 0.2) is 28.7 Å². The lowest BCUT2D eigenvalue weighted by molar-refractivity contribution is 1.06. The number of anilines is 1. The summed E-state index contributed by atoms with van der Waals surface area (Å²) < 4.78 is 1.04. The maximum absolute atomic E-state index is 5.54. The summed E-state index contributed by atoms with van der Waals surface area (Å²) in [6.07, 6.45) is 0. The quantitative estimate of drug-likeness (QED) is 0.657. The van der Waals surface area contributed by atoms with E-state index in [2.05, 4.69) is 31.3 Å². The fourth-order valence-electron chi connectivity index (χ4n) is 1.90. The molecule has 1 aromatic heterocycles. The van der Waals surface area contributed by atoms with Crippen LogP contribution in [-0.4, -0.2) is 9.97 Å². The molecule has 1 aromatic carbocycles. The van der Waals surface area contributed by atoms with E-state index in [-0.39, 0.29) is 0 Å². The van der Waals surface area contributed by atoms with Crippen molar-refractivity contribution >= 4 is 33.5 Å². The van der Waals surface area contributed by atoms with Gasteiger partial charge < -0.3 is 5.43 Å². The van der Waals surface area contributed by atoms with Gasteiger partial charge in [0.1, 0.15) is 5.82 Å². The van der Waals surface area contributed by atoms with Gasteiger partial charge in [0.2, 0.25) is 0 Å². The van der Waals surface area contributed by atoms with E-state index < -0.39 is 0 Å². The number of nitrogens with one attached hydrogen (secondary N) is 1. The minimum atomic E-state index is 0.719. The first-order valence-corrected chi connectivity index (χ1v) is 7.43. The zero-order valence-corrected chi connectivity index (χ0v) is 11.9. The third-order valence-electron chi connectivity index (χ3n) is 2.82. The van der Waals surface area contributed by atoms with Gasteiger partial charge in [-0.3, -0.25) is 0 Å². The zero-order valence-electron chi connectivity index (χ0n) is 9.48. The molecule has 92 valence electrons. The van der Waals surface area contributed by atoms with Crippen molar-refractivity contribution < 1.29 is 0 Å². The summed E-state index contributed by atoms with van der Waals surface area (Å²) in [7, 11) is 0. The Morgan fingerprint density at radius 2 is 1.94 bits per heavy atom. The smallest absolute Gasteiger partial charge is 0.161 e. The number of benzene rings is 1. The molecule has 0 spiro atoms. The molecule has 2 heterocycles. The van der Waals surface area contributed by atoms with Gasteiger partial charge in [0.05, 0.1) is 5.69 Å². The maximum Gasteiger partial charge on any atom is 0.161 e. The molecule has 0 saturated carbocycles. The molecule has 1 aliphatic rings. The number of hydrogen-bond donors (Lipinski definition) is 2. The van der Waals surface area contributed by atoms with Crippen LogP contribution in [0.2, 0.25) is 0 Å². The highest BCUT2D eigenvalue weighted by Crippen LogP contribution is 2.34. The first kappa shape index (κ1) is 12.0. The number of nitrogens with zero attached hydrogens (tertiary/aromatic N) is 2. The highest BCUT2D eigenvalue weighted by Gasteiger charge is 2.19. The lowest BCUT2D eigenvalue weighted by Gasteiger charge is -2.08. The van der Waals surface area contributed by atoms with Crippen LogP contribution >= 0.6 is 27.7 Å². The second-order valence-corrected chi connectivity index (χ2v) is 5.87. The minimum Gasteiger partial charge on any atom is -0.308 e. The molecule has 0 unspecified atom stereocenters. The van der Waals surface area contributed by atoms with Gasteiger partial charge in [0.15, 0.2) is 5.82 Å². The Labute approximate surface area is 118 Å². The summed E-state index contributed by atoms with van der Waals surface area (Å²) in [5.41, 5.74) is 5.88. The van der Waals surface area contributed by atoms with Crippen molar-refractivity contribution in [3.05, 3.63) is 40.0 Å².